The van der Waals surface area contributed by atoms with Crippen LogP contribution >= 0.6 is 0 Å². The zero-order valence-corrected chi connectivity index (χ0v) is 36.5. The fourth-order valence-corrected chi connectivity index (χ4v) is 6.77. The standard InChI is InChI=1S/C42H70O7S.K/c1-3-5-7-9-11-13-15-17-19-21-23-25-27-29-31-36-48-41(43)38-34-33-35-39(50(45,46)47)40(38)42(44)49-37-32-30-28-26-24-22-20-18-16-14-12-10-8-6-4-2;/h5-8,33-35H,3-4,9-32,36-37H2,1-2H3,(H,45,46,47);/q;+1/p-1/b7-5+,8-6+;. The molecule has 0 radical (unpaired) electrons. The van der Waals surface area contributed by atoms with Crippen LogP contribution in [0.1, 0.15) is 202 Å². The van der Waals surface area contributed by atoms with Crippen LogP contribution < -0.4 is 51.4 Å². The van der Waals surface area contributed by atoms with Crippen molar-refractivity contribution < 1.29 is 83.4 Å². The number of rotatable bonds is 33. The molecule has 0 heterocycles. The van der Waals surface area contributed by atoms with Gasteiger partial charge >= 0.3 is 63.3 Å². The molecule has 0 N–H and O–H groups in total. The number of carbonyl (C=O) groups is 2. The molecule has 0 saturated carbocycles. The molecule has 9 heteroatoms. The average molecular weight is 757 g/mol. The van der Waals surface area contributed by atoms with Crippen molar-refractivity contribution in [2.75, 3.05) is 13.2 Å². The fraction of sp³-hybridized carbons (Fsp3) is 0.714. The molecule has 0 aliphatic heterocycles. The summed E-state index contributed by atoms with van der Waals surface area (Å²) in [6, 6.07) is 3.62. The smallest absolute Gasteiger partial charge is 0.744 e. The summed E-state index contributed by atoms with van der Waals surface area (Å²) < 4.78 is 46.6. The number of allylic oxidation sites excluding steroid dienone is 4. The van der Waals surface area contributed by atoms with E-state index < -0.39 is 32.5 Å². The molecule has 0 bridgehead atoms. The minimum absolute atomic E-state index is 0. The van der Waals surface area contributed by atoms with Crippen molar-refractivity contribution in [3.05, 3.63) is 53.6 Å². The number of unbranched alkanes of at least 4 members (excludes halogenated alkanes) is 22. The topological polar surface area (TPSA) is 110 Å². The molecule has 1 rings (SSSR count). The maximum absolute atomic E-state index is 13.0. The number of benzene rings is 1. The summed E-state index contributed by atoms with van der Waals surface area (Å²) in [5.74, 6) is -1.81. The van der Waals surface area contributed by atoms with E-state index in [9.17, 15) is 22.6 Å². The Hall–Kier alpha value is -0.814. The number of hydrogen-bond acceptors (Lipinski definition) is 7. The molecule has 51 heavy (non-hydrogen) atoms. The van der Waals surface area contributed by atoms with Gasteiger partial charge in [-0.15, -0.1) is 0 Å². The van der Waals surface area contributed by atoms with Gasteiger partial charge in [0, 0.05) is 0 Å². The minimum atomic E-state index is -5.01. The van der Waals surface area contributed by atoms with Gasteiger partial charge in [0.2, 0.25) is 0 Å². The molecule has 7 nitrogen and oxygen atoms in total. The molecule has 0 amide bonds. The van der Waals surface area contributed by atoms with E-state index in [1.807, 2.05) is 0 Å². The molecule has 0 saturated heterocycles. The minimum Gasteiger partial charge on any atom is -0.744 e. The van der Waals surface area contributed by atoms with Gasteiger partial charge in [0.05, 0.1) is 29.2 Å². The first-order chi connectivity index (χ1) is 24.3. The summed E-state index contributed by atoms with van der Waals surface area (Å²) >= 11 is 0. The second kappa shape index (κ2) is 34.9. The van der Waals surface area contributed by atoms with E-state index >= 15 is 0 Å². The molecule has 0 unspecified atom stereocenters. The van der Waals surface area contributed by atoms with Gasteiger partial charge < -0.3 is 14.0 Å². The van der Waals surface area contributed by atoms with Gasteiger partial charge in [-0.3, -0.25) is 0 Å². The first-order valence-electron chi connectivity index (χ1n) is 20.1. The molecule has 1 aromatic rings. The van der Waals surface area contributed by atoms with Gasteiger partial charge in [-0.05, 0) is 63.5 Å². The molecule has 1 aromatic carbocycles. The summed E-state index contributed by atoms with van der Waals surface area (Å²) in [5.41, 5.74) is -0.782. The van der Waals surface area contributed by atoms with Gasteiger partial charge in [0.1, 0.15) is 10.1 Å². The van der Waals surface area contributed by atoms with E-state index in [1.165, 1.54) is 115 Å². The van der Waals surface area contributed by atoms with E-state index in [-0.39, 0.29) is 70.2 Å². The Kier molecular flexibility index (Phi) is 34.4. The van der Waals surface area contributed by atoms with E-state index in [2.05, 4.69) is 38.2 Å². The maximum atomic E-state index is 13.0. The Balaban J connectivity index is 0.0000250. The Morgan fingerprint density at radius 2 is 0.902 bits per heavy atom. The van der Waals surface area contributed by atoms with Crippen molar-refractivity contribution in [3.63, 3.8) is 0 Å². The van der Waals surface area contributed by atoms with Crippen LogP contribution in [0.15, 0.2) is 47.4 Å². The SMILES string of the molecule is CC/C=C/CCCCCCCCCCCCCOC(=O)c1cccc(S(=O)(=O)[O-])c1C(=O)OCCCCCCCCCCCCC/C=C/CC.[K+]. The van der Waals surface area contributed by atoms with E-state index in [0.29, 0.717) is 12.8 Å². The van der Waals surface area contributed by atoms with Crippen molar-refractivity contribution in [2.45, 2.75) is 186 Å². The van der Waals surface area contributed by atoms with E-state index in [1.54, 1.807) is 0 Å². The van der Waals surface area contributed by atoms with Crippen molar-refractivity contribution >= 4 is 22.1 Å². The van der Waals surface area contributed by atoms with Gasteiger partial charge in [0.15, 0.2) is 0 Å². The quantitative estimate of drug-likeness (QED) is 0.0231. The maximum Gasteiger partial charge on any atom is 1.00 e. The molecule has 0 spiro atoms. The Morgan fingerprint density at radius 1 is 0.549 bits per heavy atom. The number of carbonyl (C=O) groups excluding carboxylic acids is 2. The third kappa shape index (κ3) is 27.4. The largest absolute Gasteiger partial charge is 1.00 e. The van der Waals surface area contributed by atoms with Gasteiger partial charge in [-0.25, -0.2) is 18.0 Å². The zero-order valence-electron chi connectivity index (χ0n) is 32.6. The molecule has 0 fully saturated rings. The number of hydrogen-bond donors (Lipinski definition) is 0. The second-order valence-corrected chi connectivity index (χ2v) is 14.9. The Labute approximate surface area is 354 Å². The van der Waals surface area contributed by atoms with Crippen LogP contribution in [-0.2, 0) is 19.6 Å². The summed E-state index contributed by atoms with van der Waals surface area (Å²) in [7, 11) is -5.01. The zero-order chi connectivity index (χ0) is 36.5. The predicted molar refractivity (Wildman–Crippen MR) is 205 cm³/mol. The van der Waals surface area contributed by atoms with Crippen LogP contribution in [0.5, 0.6) is 0 Å². The molecule has 286 valence electrons. The van der Waals surface area contributed by atoms with E-state index in [4.69, 9.17) is 9.47 Å². The van der Waals surface area contributed by atoms with Crippen molar-refractivity contribution in [2.24, 2.45) is 0 Å². The first-order valence-corrected chi connectivity index (χ1v) is 21.5. The van der Waals surface area contributed by atoms with E-state index in [0.717, 1.165) is 57.4 Å². The van der Waals surface area contributed by atoms with Crippen LogP contribution in [0.2, 0.25) is 0 Å². The first kappa shape index (κ1) is 50.2. The molecule has 0 aliphatic carbocycles. The number of ether oxygens (including phenoxy) is 2. The monoisotopic (exact) mass is 756 g/mol. The van der Waals surface area contributed by atoms with Crippen LogP contribution in [0.4, 0.5) is 0 Å². The third-order valence-corrected chi connectivity index (χ3v) is 9.90. The van der Waals surface area contributed by atoms with Crippen LogP contribution in [0, 0.1) is 0 Å². The summed E-state index contributed by atoms with van der Waals surface area (Å²) in [4.78, 5) is 25.1. The van der Waals surface area contributed by atoms with Crippen molar-refractivity contribution in [1.82, 2.24) is 0 Å². The molecular weight excluding hydrogens is 688 g/mol. The van der Waals surface area contributed by atoms with Gasteiger partial charge in [-0.1, -0.05) is 160 Å². The van der Waals surface area contributed by atoms with Gasteiger partial charge in [0.25, 0.3) is 0 Å². The Morgan fingerprint density at radius 3 is 1.27 bits per heavy atom. The fourth-order valence-electron chi connectivity index (χ4n) is 6.08. The van der Waals surface area contributed by atoms with Crippen LogP contribution in [0.25, 0.3) is 0 Å². The van der Waals surface area contributed by atoms with Crippen molar-refractivity contribution in [1.29, 1.82) is 0 Å². The average Bonchev–Trinajstić information content (AvgIpc) is 3.10. The van der Waals surface area contributed by atoms with Crippen molar-refractivity contribution in [3.8, 4) is 0 Å². The molecular formula is C42H69KO7S. The third-order valence-electron chi connectivity index (χ3n) is 9.02. The second-order valence-electron chi connectivity index (χ2n) is 13.5. The molecule has 0 aromatic heterocycles. The van der Waals surface area contributed by atoms with Gasteiger partial charge in [-0.2, -0.15) is 0 Å². The van der Waals surface area contributed by atoms with Crippen LogP contribution in [-0.4, -0.2) is 38.1 Å². The molecule has 0 atom stereocenters. The molecule has 0 aliphatic rings. The van der Waals surface area contributed by atoms with Crippen LogP contribution in [0.3, 0.4) is 0 Å². The normalized spacial score (nSPS) is 11.7. The Bertz CT molecular complexity index is 1180. The summed E-state index contributed by atoms with van der Waals surface area (Å²) in [6.45, 7) is 4.58. The number of esters is 2. The summed E-state index contributed by atoms with van der Waals surface area (Å²) in [5, 5.41) is 0. The predicted octanol–water partition coefficient (Wildman–Crippen LogP) is 9.20. The summed E-state index contributed by atoms with van der Waals surface area (Å²) in [6.07, 6.45) is 39.0.